The van der Waals surface area contributed by atoms with Gasteiger partial charge in [0, 0.05) is 28.8 Å². The van der Waals surface area contributed by atoms with E-state index >= 15 is 0 Å². The maximum atomic E-state index is 13.6. The van der Waals surface area contributed by atoms with Gasteiger partial charge >= 0.3 is 27.3 Å². The summed E-state index contributed by atoms with van der Waals surface area (Å²) in [6.07, 6.45) is -3.92. The molecule has 1 N–H and O–H groups in total. The van der Waals surface area contributed by atoms with Crippen LogP contribution in [0.1, 0.15) is 29.6 Å². The molecule has 4 rings (SSSR count). The second kappa shape index (κ2) is 10.2. The van der Waals surface area contributed by atoms with Crippen molar-refractivity contribution in [3.63, 3.8) is 0 Å². The Labute approximate surface area is 256 Å². The fraction of sp³-hybridized carbons (Fsp3) is 0.556. The van der Waals surface area contributed by atoms with Crippen molar-refractivity contribution in [1.29, 1.82) is 0 Å². The molecule has 2 fully saturated rings. The maximum absolute atomic E-state index is 13.6. The van der Waals surface area contributed by atoms with Crippen LogP contribution in [0, 0.1) is 20.2 Å². The zero-order chi connectivity index (χ0) is 26.1. The van der Waals surface area contributed by atoms with Crippen molar-refractivity contribution >= 4 is 124 Å². The predicted molar refractivity (Wildman–Crippen MR) is 151 cm³/mol. The number of halogens is 7. The molecule has 0 aromatic heterocycles. The molecule has 0 aliphatic carbocycles. The van der Waals surface area contributed by atoms with Crippen molar-refractivity contribution in [2.24, 2.45) is 5.92 Å². The lowest BCUT2D eigenvalue weighted by Crippen LogP contribution is -2.53. The Kier molecular flexibility index (Phi) is 8.39. The number of carbonyl (C=O) groups is 2. The van der Waals surface area contributed by atoms with Gasteiger partial charge in [0.2, 0.25) is 0 Å². The average Bonchev–Trinajstić information content (AvgIpc) is 3.32. The Bertz CT molecular complexity index is 1220. The molecule has 1 aromatic rings. The standard InChI is InChI=1S/C18H13F3I4O8S2/c19-7(18(20,21)35(28,29)30)1-2-31-15(26)5-3-8-17(4-6(5)34-8)32-14-9(16(27)33-17)10(22)11(23)12(24)13(14)25/h5-8H,1-4H2,(H,28,29,30). The van der Waals surface area contributed by atoms with Crippen molar-refractivity contribution in [2.45, 2.75) is 47.0 Å². The van der Waals surface area contributed by atoms with Crippen LogP contribution in [0.3, 0.4) is 0 Å². The number of rotatable bonds is 6. The van der Waals surface area contributed by atoms with Gasteiger partial charge in [-0.25, -0.2) is 9.18 Å². The van der Waals surface area contributed by atoms with Crippen LogP contribution in [0.2, 0.25) is 0 Å². The smallest absolute Gasteiger partial charge is 0.400 e. The molecule has 0 radical (unpaired) electrons. The van der Waals surface area contributed by atoms with Crippen LogP contribution >= 0.6 is 102 Å². The monoisotopic (exact) mass is 986 g/mol. The predicted octanol–water partition coefficient (Wildman–Crippen LogP) is 5.00. The SMILES string of the molecule is O=C1OC2(CC3SC2CC3C(=O)OCCC(F)C(F)(F)S(=O)(=O)O)Oc2c(I)c(I)c(I)c(I)c21. The van der Waals surface area contributed by atoms with Gasteiger partial charge in [0.25, 0.3) is 5.79 Å². The molecule has 5 unspecified atom stereocenters. The molecule has 2 bridgehead atoms. The first-order valence-corrected chi connectivity index (χ1v) is 16.4. The summed E-state index contributed by atoms with van der Waals surface area (Å²) in [5.74, 6) is -2.73. The van der Waals surface area contributed by atoms with E-state index < -0.39 is 58.2 Å². The molecular formula is C18H13F3I4O8S2. The van der Waals surface area contributed by atoms with Crippen LogP contribution in [-0.4, -0.2) is 59.2 Å². The molecule has 8 nitrogen and oxygen atoms in total. The van der Waals surface area contributed by atoms with E-state index in [9.17, 15) is 31.2 Å². The zero-order valence-corrected chi connectivity index (χ0v) is 27.2. The molecule has 0 amide bonds. The Morgan fingerprint density at radius 1 is 1.20 bits per heavy atom. The lowest BCUT2D eigenvalue weighted by molar-refractivity contribution is -0.172. The number of esters is 2. The van der Waals surface area contributed by atoms with Gasteiger partial charge in [0.05, 0.1) is 21.3 Å². The third-order valence-electron chi connectivity index (χ3n) is 5.83. The van der Waals surface area contributed by atoms with Crippen LogP contribution < -0.4 is 4.74 Å². The largest absolute Gasteiger partial charge is 0.465 e. The first kappa shape index (κ1) is 28.9. The molecule has 0 saturated carbocycles. The Balaban J connectivity index is 1.42. The molecule has 3 aliphatic heterocycles. The minimum Gasteiger partial charge on any atom is -0.465 e. The summed E-state index contributed by atoms with van der Waals surface area (Å²) in [6.45, 7) is -0.790. The number of hydrogen-bond donors (Lipinski definition) is 1. The normalized spacial score (nSPS) is 28.5. The van der Waals surface area contributed by atoms with Gasteiger partial charge in [-0.15, -0.1) is 11.8 Å². The maximum Gasteiger partial charge on any atom is 0.400 e. The molecule has 194 valence electrons. The molecular weight excluding hydrogens is 973 g/mol. The van der Waals surface area contributed by atoms with E-state index in [2.05, 4.69) is 90.4 Å². The highest BCUT2D eigenvalue weighted by molar-refractivity contribution is 14.1. The van der Waals surface area contributed by atoms with E-state index in [1.54, 1.807) is 0 Å². The molecule has 2 saturated heterocycles. The summed E-state index contributed by atoms with van der Waals surface area (Å²) in [7, 11) is -5.94. The number of fused-ring (bicyclic) bond motifs is 4. The van der Waals surface area contributed by atoms with Gasteiger partial charge in [0.1, 0.15) is 5.56 Å². The number of ether oxygens (including phenoxy) is 3. The quantitative estimate of drug-likeness (QED) is 0.139. The minimum atomic E-state index is -5.94. The Morgan fingerprint density at radius 3 is 2.40 bits per heavy atom. The molecule has 3 heterocycles. The van der Waals surface area contributed by atoms with E-state index in [0.29, 0.717) is 11.3 Å². The van der Waals surface area contributed by atoms with Crippen molar-refractivity contribution in [1.82, 2.24) is 0 Å². The molecule has 1 spiro atoms. The summed E-state index contributed by atoms with van der Waals surface area (Å²) < 4.78 is 90.2. The Hall–Kier alpha value is 0.930. The summed E-state index contributed by atoms with van der Waals surface area (Å²) in [5.41, 5.74) is 0.358. The highest BCUT2D eigenvalue weighted by Crippen LogP contribution is 2.59. The summed E-state index contributed by atoms with van der Waals surface area (Å²) in [6, 6.07) is 0. The number of thioether (sulfide) groups is 1. The van der Waals surface area contributed by atoms with E-state index in [0.717, 1.165) is 14.3 Å². The summed E-state index contributed by atoms with van der Waals surface area (Å²) in [4.78, 5) is 25.5. The molecule has 35 heavy (non-hydrogen) atoms. The van der Waals surface area contributed by atoms with Gasteiger partial charge in [-0.1, -0.05) is 0 Å². The van der Waals surface area contributed by atoms with Gasteiger partial charge in [-0.2, -0.15) is 17.2 Å². The van der Waals surface area contributed by atoms with Gasteiger partial charge in [0.15, 0.2) is 11.9 Å². The second-order valence-electron chi connectivity index (χ2n) is 7.93. The van der Waals surface area contributed by atoms with Gasteiger partial charge in [-0.05, 0) is 96.8 Å². The number of benzene rings is 1. The fourth-order valence-electron chi connectivity index (χ4n) is 4.08. The molecule has 3 aliphatic rings. The summed E-state index contributed by atoms with van der Waals surface area (Å²) >= 11 is 9.93. The van der Waals surface area contributed by atoms with E-state index in [1.165, 1.54) is 11.8 Å². The molecule has 1 aromatic carbocycles. The minimum absolute atomic E-state index is 0.203. The highest BCUT2D eigenvalue weighted by atomic mass is 127. The van der Waals surface area contributed by atoms with Crippen molar-refractivity contribution < 1.29 is 49.9 Å². The van der Waals surface area contributed by atoms with Crippen LogP contribution in [0.15, 0.2) is 0 Å². The topological polar surface area (TPSA) is 116 Å². The molecule has 17 heteroatoms. The average molecular weight is 986 g/mol. The van der Waals surface area contributed by atoms with E-state index in [-0.39, 0.29) is 23.3 Å². The van der Waals surface area contributed by atoms with Crippen LogP contribution in [0.4, 0.5) is 13.2 Å². The van der Waals surface area contributed by atoms with Crippen molar-refractivity contribution in [3.8, 4) is 5.75 Å². The lowest BCUT2D eigenvalue weighted by Gasteiger charge is -2.41. The van der Waals surface area contributed by atoms with E-state index in [1.807, 2.05) is 0 Å². The number of alkyl halides is 3. The van der Waals surface area contributed by atoms with Crippen LogP contribution in [-0.2, 0) is 24.4 Å². The number of carbonyl (C=O) groups excluding carboxylic acids is 2. The fourth-order valence-corrected chi connectivity index (χ4v) is 9.87. The van der Waals surface area contributed by atoms with Crippen LogP contribution in [0.5, 0.6) is 5.75 Å². The zero-order valence-electron chi connectivity index (χ0n) is 16.9. The highest BCUT2D eigenvalue weighted by Gasteiger charge is 2.64. The molecule has 5 atom stereocenters. The number of hydrogen-bond acceptors (Lipinski definition) is 8. The Morgan fingerprint density at radius 2 is 1.83 bits per heavy atom. The van der Waals surface area contributed by atoms with Crippen molar-refractivity contribution in [3.05, 3.63) is 19.8 Å². The first-order chi connectivity index (χ1) is 16.1. The summed E-state index contributed by atoms with van der Waals surface area (Å²) in [5, 5.41) is -5.73. The first-order valence-electron chi connectivity index (χ1n) is 9.70. The second-order valence-corrected chi connectivity index (χ2v) is 15.2. The third kappa shape index (κ3) is 5.01. The van der Waals surface area contributed by atoms with E-state index in [4.69, 9.17) is 18.8 Å². The van der Waals surface area contributed by atoms with Crippen LogP contribution in [0.25, 0.3) is 0 Å². The third-order valence-corrected chi connectivity index (χ3v) is 15.9. The lowest BCUT2D eigenvalue weighted by atomic mass is 9.84. The van der Waals surface area contributed by atoms with Gasteiger partial charge in [-0.3, -0.25) is 9.35 Å². The van der Waals surface area contributed by atoms with Crippen molar-refractivity contribution in [2.75, 3.05) is 6.61 Å². The van der Waals surface area contributed by atoms with Gasteiger partial charge < -0.3 is 14.2 Å².